The summed E-state index contributed by atoms with van der Waals surface area (Å²) in [5, 5.41) is 3.15. The molecule has 1 aromatic heterocycles. The first kappa shape index (κ1) is 27.9. The Labute approximate surface area is 231 Å². The van der Waals surface area contributed by atoms with Gasteiger partial charge < -0.3 is 26.3 Å². The van der Waals surface area contributed by atoms with E-state index in [2.05, 4.69) is 9.69 Å². The van der Waals surface area contributed by atoms with Gasteiger partial charge in [-0.2, -0.15) is 4.37 Å². The number of nitrogens with two attached hydrogens (primary N) is 2. The van der Waals surface area contributed by atoms with Crippen LogP contribution in [0.1, 0.15) is 69.9 Å². The summed E-state index contributed by atoms with van der Waals surface area (Å²) in [6, 6.07) is 11.3. The molecule has 5 N–H and O–H groups in total. The van der Waals surface area contributed by atoms with Crippen molar-refractivity contribution in [3.63, 3.8) is 0 Å². The van der Waals surface area contributed by atoms with Crippen LogP contribution < -0.4 is 31.2 Å². The molecule has 0 spiro atoms. The van der Waals surface area contributed by atoms with E-state index in [4.69, 9.17) is 20.9 Å². The maximum atomic E-state index is 14.4. The molecule has 39 heavy (non-hydrogen) atoms. The number of nitrogens with one attached hydrogen (secondary N) is 1. The maximum absolute atomic E-state index is 14.4. The van der Waals surface area contributed by atoms with E-state index in [0.717, 1.165) is 42.8 Å². The Kier molecular flexibility index (Phi) is 8.70. The number of nitrogen functional groups attached to an aromatic ring is 1. The van der Waals surface area contributed by atoms with Gasteiger partial charge in [-0.15, -0.1) is 0 Å². The predicted octanol–water partition coefficient (Wildman–Crippen LogP) is 3.85. The molecular formula is C28H33N5O5S. The van der Waals surface area contributed by atoms with Crippen LogP contribution in [-0.4, -0.2) is 42.4 Å². The highest BCUT2D eigenvalue weighted by atomic mass is 32.1. The molecule has 206 valence electrons. The van der Waals surface area contributed by atoms with Crippen LogP contribution in [-0.2, 0) is 11.2 Å². The Bertz CT molecular complexity index is 1370. The van der Waals surface area contributed by atoms with Gasteiger partial charge in [0.05, 0.1) is 19.9 Å². The molecule has 1 aliphatic rings. The second kappa shape index (κ2) is 12.2. The van der Waals surface area contributed by atoms with Crippen LogP contribution in [0.3, 0.4) is 0 Å². The normalized spacial score (nSPS) is 14.0. The zero-order valence-corrected chi connectivity index (χ0v) is 23.0. The van der Waals surface area contributed by atoms with E-state index >= 15 is 0 Å². The number of nitrogens with zero attached hydrogens (tertiary/aromatic N) is 2. The van der Waals surface area contributed by atoms with E-state index < -0.39 is 17.9 Å². The van der Waals surface area contributed by atoms with Crippen molar-refractivity contribution in [1.82, 2.24) is 9.69 Å². The molecule has 1 aliphatic carbocycles. The highest BCUT2D eigenvalue weighted by Crippen LogP contribution is 2.39. The quantitative estimate of drug-likeness (QED) is 0.346. The minimum atomic E-state index is -1.16. The topological polar surface area (TPSA) is 150 Å². The molecule has 1 atom stereocenters. The summed E-state index contributed by atoms with van der Waals surface area (Å²) in [6.07, 6.45) is 4.35. The zero-order valence-electron chi connectivity index (χ0n) is 22.2. The van der Waals surface area contributed by atoms with Crippen molar-refractivity contribution in [2.75, 3.05) is 24.9 Å². The first-order valence-corrected chi connectivity index (χ1v) is 13.6. The summed E-state index contributed by atoms with van der Waals surface area (Å²) in [7, 11) is 3.03. The molecule has 0 bridgehead atoms. The summed E-state index contributed by atoms with van der Waals surface area (Å²) in [5.74, 6) is -0.896. The molecule has 1 unspecified atom stereocenters. The third kappa shape index (κ3) is 5.68. The highest BCUT2D eigenvalue weighted by Gasteiger charge is 2.39. The Morgan fingerprint density at radius 2 is 1.85 bits per heavy atom. The van der Waals surface area contributed by atoms with Crippen molar-refractivity contribution in [2.45, 2.75) is 51.1 Å². The van der Waals surface area contributed by atoms with Crippen LogP contribution >= 0.6 is 11.5 Å². The van der Waals surface area contributed by atoms with E-state index in [-0.39, 0.29) is 28.2 Å². The number of ether oxygens (including phenoxy) is 2. The van der Waals surface area contributed by atoms with Crippen molar-refractivity contribution in [3.8, 4) is 11.5 Å². The average molecular weight is 552 g/mol. The van der Waals surface area contributed by atoms with Gasteiger partial charge >= 0.3 is 0 Å². The van der Waals surface area contributed by atoms with Gasteiger partial charge in [0.1, 0.15) is 22.4 Å². The fourth-order valence-electron chi connectivity index (χ4n) is 4.95. The smallest absolute Gasteiger partial charge is 0.273 e. The van der Waals surface area contributed by atoms with Crippen molar-refractivity contribution >= 4 is 40.6 Å². The Morgan fingerprint density at radius 3 is 2.46 bits per heavy atom. The number of hydrogen-bond acceptors (Lipinski definition) is 8. The Morgan fingerprint density at radius 1 is 1.13 bits per heavy atom. The number of aryl methyl sites for hydroxylation is 1. The number of aromatic nitrogens is 1. The number of hydrogen-bond donors (Lipinski definition) is 3. The molecule has 11 heteroatoms. The highest BCUT2D eigenvalue weighted by molar-refractivity contribution is 7.09. The second-order valence-corrected chi connectivity index (χ2v) is 10.1. The van der Waals surface area contributed by atoms with Gasteiger partial charge in [-0.05, 0) is 60.6 Å². The lowest BCUT2D eigenvalue weighted by atomic mass is 9.98. The third-order valence-corrected chi connectivity index (χ3v) is 7.80. The molecule has 0 saturated heterocycles. The second-order valence-electron chi connectivity index (χ2n) is 9.30. The molecule has 0 radical (unpaired) electrons. The molecule has 3 aromatic rings. The summed E-state index contributed by atoms with van der Waals surface area (Å²) in [6.45, 7) is 1.97. The van der Waals surface area contributed by atoms with Gasteiger partial charge in [-0.1, -0.05) is 38.0 Å². The first-order chi connectivity index (χ1) is 18.8. The molecule has 3 amide bonds. The van der Waals surface area contributed by atoms with Gasteiger partial charge in [-0.3, -0.25) is 19.3 Å². The third-order valence-electron chi connectivity index (χ3n) is 6.95. The van der Waals surface area contributed by atoms with Gasteiger partial charge in [-0.25, -0.2) is 0 Å². The summed E-state index contributed by atoms with van der Waals surface area (Å²) >= 11 is 0.769. The lowest BCUT2D eigenvalue weighted by Gasteiger charge is -2.34. The van der Waals surface area contributed by atoms with Crippen LogP contribution in [0.4, 0.5) is 11.4 Å². The number of carbonyl (C=O) groups is 3. The number of carbonyl (C=O) groups excluding carboxylic acids is 3. The summed E-state index contributed by atoms with van der Waals surface area (Å²) in [5.41, 5.74) is 13.1. The van der Waals surface area contributed by atoms with Gasteiger partial charge in [0.2, 0.25) is 5.91 Å². The fourth-order valence-corrected chi connectivity index (χ4v) is 5.69. The minimum Gasteiger partial charge on any atom is -0.497 e. The van der Waals surface area contributed by atoms with Gasteiger partial charge in [0.15, 0.2) is 5.69 Å². The molecular weight excluding hydrogens is 518 g/mol. The van der Waals surface area contributed by atoms with Crippen molar-refractivity contribution in [1.29, 1.82) is 0 Å². The number of amides is 3. The van der Waals surface area contributed by atoms with Crippen LogP contribution in [0.15, 0.2) is 42.5 Å². The fraction of sp³-hybridized carbons (Fsp3) is 0.357. The maximum Gasteiger partial charge on any atom is 0.273 e. The van der Waals surface area contributed by atoms with Crippen molar-refractivity contribution < 1.29 is 23.9 Å². The lowest BCUT2D eigenvalue weighted by Crippen LogP contribution is -2.46. The average Bonchev–Trinajstić information content (AvgIpc) is 3.60. The van der Waals surface area contributed by atoms with Crippen molar-refractivity contribution in [2.24, 2.45) is 5.73 Å². The molecule has 10 nitrogen and oxygen atoms in total. The molecule has 0 aliphatic heterocycles. The number of methoxy groups -OCH3 is 2. The van der Waals surface area contributed by atoms with E-state index in [1.54, 1.807) is 30.3 Å². The number of anilines is 2. The number of benzene rings is 2. The monoisotopic (exact) mass is 551 g/mol. The molecule has 2 aromatic carbocycles. The molecule has 1 heterocycles. The molecule has 1 fully saturated rings. The van der Waals surface area contributed by atoms with Crippen LogP contribution in [0.2, 0.25) is 0 Å². The van der Waals surface area contributed by atoms with E-state index in [1.165, 1.54) is 19.1 Å². The lowest BCUT2D eigenvalue weighted by molar-refractivity contribution is -0.123. The largest absolute Gasteiger partial charge is 0.497 e. The standard InChI is InChI=1S/C28H33N5O5S/c1-4-16-9-5-8-12-20(16)33(28(36)25-22(29)23(26(30)34)32-39-25)24(27(35)31-17-10-6-7-11-17)19-15-18(37-2)13-14-21(19)38-3/h5,8-9,12-15,17,24H,4,6-7,10-11,29H2,1-3H3,(H2,30,34)(H,31,35). The predicted molar refractivity (Wildman–Crippen MR) is 150 cm³/mol. The van der Waals surface area contributed by atoms with Gasteiger partial charge in [0, 0.05) is 17.3 Å². The van der Waals surface area contributed by atoms with Crippen LogP contribution in [0, 0.1) is 0 Å². The van der Waals surface area contributed by atoms with Crippen LogP contribution in [0.25, 0.3) is 0 Å². The summed E-state index contributed by atoms with van der Waals surface area (Å²) < 4.78 is 15.2. The van der Waals surface area contributed by atoms with E-state index in [9.17, 15) is 14.4 Å². The summed E-state index contributed by atoms with van der Waals surface area (Å²) in [4.78, 5) is 41.9. The Hall–Kier alpha value is -4.12. The SMILES string of the molecule is CCc1ccccc1N(C(=O)c1snc(C(N)=O)c1N)C(C(=O)NC1CCCC1)c1cc(OC)ccc1OC. The van der Waals surface area contributed by atoms with E-state index in [1.807, 2.05) is 19.1 Å². The Balaban J connectivity index is 1.96. The number of para-hydroxylation sites is 1. The van der Waals surface area contributed by atoms with Gasteiger partial charge in [0.25, 0.3) is 11.8 Å². The first-order valence-electron chi connectivity index (χ1n) is 12.8. The minimum absolute atomic E-state index is 0.00934. The van der Waals surface area contributed by atoms with Crippen molar-refractivity contribution in [3.05, 3.63) is 64.2 Å². The number of rotatable bonds is 10. The van der Waals surface area contributed by atoms with E-state index in [0.29, 0.717) is 29.2 Å². The number of primary amides is 1. The molecule has 1 saturated carbocycles. The van der Waals surface area contributed by atoms with Crippen LogP contribution in [0.5, 0.6) is 11.5 Å². The molecule has 4 rings (SSSR count). The zero-order chi connectivity index (χ0) is 28.1.